The monoisotopic (exact) mass is 516 g/mol. The number of hydrogen-bond donors (Lipinski definition) is 3. The molecule has 0 saturated heterocycles. The minimum atomic E-state index is -0.825. The summed E-state index contributed by atoms with van der Waals surface area (Å²) in [5, 5.41) is 22.8. The number of pyridine rings is 1. The number of aliphatic carboxylic acids is 1. The van der Waals surface area contributed by atoms with Gasteiger partial charge in [-0.25, -0.2) is 4.98 Å². The van der Waals surface area contributed by atoms with Crippen molar-refractivity contribution in [2.75, 3.05) is 18.5 Å². The van der Waals surface area contributed by atoms with Crippen molar-refractivity contribution >= 4 is 11.8 Å². The molecule has 1 aliphatic carbocycles. The summed E-state index contributed by atoms with van der Waals surface area (Å²) in [5.74, 6) is 1.27. The number of rotatable bonds is 9. The summed E-state index contributed by atoms with van der Waals surface area (Å²) < 4.78 is 11.6. The molecule has 0 radical (unpaired) electrons. The molecule has 3 N–H and O–H groups in total. The predicted molar refractivity (Wildman–Crippen MR) is 147 cm³/mol. The molecule has 0 saturated carbocycles. The van der Waals surface area contributed by atoms with Crippen LogP contribution in [0.1, 0.15) is 72.9 Å². The fourth-order valence-corrected chi connectivity index (χ4v) is 5.70. The SMILES string of the molecule is Cc1cc(OCCC(C)(C)O)cc(C)c1-c1cccc2c1CC[C@H]2Nc1cc2c(cn1)OC[C@H]2CC(=O)O. The van der Waals surface area contributed by atoms with E-state index in [1.807, 2.05) is 6.07 Å². The first-order chi connectivity index (χ1) is 18.1. The van der Waals surface area contributed by atoms with Gasteiger partial charge in [0.05, 0.1) is 37.5 Å². The number of hydrogen-bond acceptors (Lipinski definition) is 6. The Bertz CT molecular complexity index is 1340. The second-order valence-electron chi connectivity index (χ2n) is 11.2. The van der Waals surface area contributed by atoms with E-state index in [0.29, 0.717) is 25.4 Å². The molecule has 0 spiro atoms. The molecule has 5 rings (SSSR count). The molecule has 0 unspecified atom stereocenters. The summed E-state index contributed by atoms with van der Waals surface area (Å²) in [5.41, 5.74) is 7.60. The molecule has 2 aromatic carbocycles. The molecule has 0 fully saturated rings. The Morgan fingerprint density at radius 3 is 2.66 bits per heavy atom. The van der Waals surface area contributed by atoms with Crippen LogP contribution in [0, 0.1) is 13.8 Å². The summed E-state index contributed by atoms with van der Waals surface area (Å²) >= 11 is 0. The molecule has 0 bridgehead atoms. The van der Waals surface area contributed by atoms with Crippen LogP contribution in [0.5, 0.6) is 11.5 Å². The van der Waals surface area contributed by atoms with Crippen LogP contribution in [0.25, 0.3) is 11.1 Å². The first kappa shape index (κ1) is 26.0. The number of carbonyl (C=O) groups is 1. The summed E-state index contributed by atoms with van der Waals surface area (Å²) in [6.45, 7) is 8.68. The normalized spacial score (nSPS) is 18.0. The summed E-state index contributed by atoms with van der Waals surface area (Å²) in [4.78, 5) is 15.8. The van der Waals surface area contributed by atoms with Gasteiger partial charge in [0.2, 0.25) is 0 Å². The maximum absolute atomic E-state index is 11.3. The summed E-state index contributed by atoms with van der Waals surface area (Å²) in [6, 6.07) is 12.7. The van der Waals surface area contributed by atoms with Gasteiger partial charge < -0.3 is 25.0 Å². The Balaban J connectivity index is 1.37. The second kappa shape index (κ2) is 10.3. The lowest BCUT2D eigenvalue weighted by Crippen LogP contribution is -2.21. The quantitative estimate of drug-likeness (QED) is 0.323. The van der Waals surface area contributed by atoms with Crippen molar-refractivity contribution in [1.29, 1.82) is 0 Å². The largest absolute Gasteiger partial charge is 0.493 e. The Morgan fingerprint density at radius 1 is 1.18 bits per heavy atom. The zero-order chi connectivity index (χ0) is 27.0. The molecule has 2 aliphatic rings. The van der Waals surface area contributed by atoms with Gasteiger partial charge in [-0.3, -0.25) is 4.79 Å². The number of aromatic nitrogens is 1. The number of fused-ring (bicyclic) bond motifs is 2. The van der Waals surface area contributed by atoms with Crippen LogP contribution in [-0.4, -0.2) is 40.0 Å². The number of aryl methyl sites for hydroxylation is 2. The van der Waals surface area contributed by atoms with E-state index in [2.05, 4.69) is 54.5 Å². The van der Waals surface area contributed by atoms with Crippen LogP contribution in [0.2, 0.25) is 0 Å². The van der Waals surface area contributed by atoms with Crippen LogP contribution in [-0.2, 0) is 11.2 Å². The van der Waals surface area contributed by atoms with Crippen LogP contribution in [0.15, 0.2) is 42.6 Å². The highest BCUT2D eigenvalue weighted by atomic mass is 16.5. The third-order valence-electron chi connectivity index (χ3n) is 7.55. The molecule has 3 aromatic rings. The molecule has 1 aliphatic heterocycles. The van der Waals surface area contributed by atoms with Gasteiger partial charge in [-0.15, -0.1) is 0 Å². The maximum Gasteiger partial charge on any atom is 0.304 e. The van der Waals surface area contributed by atoms with Crippen molar-refractivity contribution in [3.05, 3.63) is 70.4 Å². The van der Waals surface area contributed by atoms with Gasteiger partial charge in [-0.05, 0) is 92.1 Å². The van der Waals surface area contributed by atoms with Gasteiger partial charge in [-0.1, -0.05) is 18.2 Å². The van der Waals surface area contributed by atoms with Crippen LogP contribution in [0.3, 0.4) is 0 Å². The number of carboxylic acid groups (broad SMARTS) is 1. The molecule has 7 nitrogen and oxygen atoms in total. The van der Waals surface area contributed by atoms with Crippen LogP contribution in [0.4, 0.5) is 5.82 Å². The molecule has 2 heterocycles. The smallest absolute Gasteiger partial charge is 0.304 e. The summed E-state index contributed by atoms with van der Waals surface area (Å²) in [6.07, 6.45) is 4.23. The molecule has 1 aromatic heterocycles. The van der Waals surface area contributed by atoms with Gasteiger partial charge in [0.15, 0.2) is 0 Å². The van der Waals surface area contributed by atoms with Gasteiger partial charge in [0.1, 0.15) is 17.3 Å². The van der Waals surface area contributed by atoms with E-state index < -0.39 is 11.6 Å². The number of nitrogens with one attached hydrogen (secondary N) is 1. The molecule has 200 valence electrons. The highest BCUT2D eigenvalue weighted by Gasteiger charge is 2.29. The number of anilines is 1. The fourth-order valence-electron chi connectivity index (χ4n) is 5.70. The summed E-state index contributed by atoms with van der Waals surface area (Å²) in [7, 11) is 0. The lowest BCUT2D eigenvalue weighted by Gasteiger charge is -2.20. The first-order valence-electron chi connectivity index (χ1n) is 13.3. The van der Waals surface area contributed by atoms with E-state index in [4.69, 9.17) is 9.47 Å². The van der Waals surface area contributed by atoms with Crippen molar-refractivity contribution in [3.63, 3.8) is 0 Å². The number of nitrogens with zero attached hydrogens (tertiary/aromatic N) is 1. The number of ether oxygens (including phenoxy) is 2. The maximum atomic E-state index is 11.3. The predicted octanol–water partition coefficient (Wildman–Crippen LogP) is 5.96. The Kier molecular flexibility index (Phi) is 7.05. The Hall–Kier alpha value is -3.58. The lowest BCUT2D eigenvalue weighted by molar-refractivity contribution is -0.137. The van der Waals surface area contributed by atoms with E-state index in [1.54, 1.807) is 20.0 Å². The molecule has 0 amide bonds. The van der Waals surface area contributed by atoms with Crippen LogP contribution < -0.4 is 14.8 Å². The molecule has 38 heavy (non-hydrogen) atoms. The molecule has 2 atom stereocenters. The average Bonchev–Trinajstić information content (AvgIpc) is 3.42. The highest BCUT2D eigenvalue weighted by Crippen LogP contribution is 2.43. The fraction of sp³-hybridized carbons (Fsp3) is 0.419. The average molecular weight is 517 g/mol. The van der Waals surface area contributed by atoms with Crippen molar-refractivity contribution in [1.82, 2.24) is 4.98 Å². The second-order valence-corrected chi connectivity index (χ2v) is 11.2. The zero-order valence-electron chi connectivity index (χ0n) is 22.5. The van der Waals surface area contributed by atoms with Gasteiger partial charge >= 0.3 is 5.97 Å². The van der Waals surface area contributed by atoms with E-state index in [0.717, 1.165) is 41.1 Å². The molecular formula is C31H36N2O5. The Morgan fingerprint density at radius 2 is 1.95 bits per heavy atom. The lowest BCUT2D eigenvalue weighted by atomic mass is 9.90. The van der Waals surface area contributed by atoms with Gasteiger partial charge in [0, 0.05) is 17.9 Å². The van der Waals surface area contributed by atoms with Crippen molar-refractivity contribution in [2.24, 2.45) is 0 Å². The van der Waals surface area contributed by atoms with E-state index in [-0.39, 0.29) is 18.4 Å². The van der Waals surface area contributed by atoms with Crippen LogP contribution >= 0.6 is 0 Å². The van der Waals surface area contributed by atoms with Crippen molar-refractivity contribution in [2.45, 2.75) is 70.9 Å². The van der Waals surface area contributed by atoms with Gasteiger partial charge in [0.25, 0.3) is 0 Å². The van der Waals surface area contributed by atoms with E-state index >= 15 is 0 Å². The highest BCUT2D eigenvalue weighted by molar-refractivity contribution is 5.77. The first-order valence-corrected chi connectivity index (χ1v) is 13.3. The van der Waals surface area contributed by atoms with E-state index in [9.17, 15) is 15.0 Å². The molecular weight excluding hydrogens is 480 g/mol. The van der Waals surface area contributed by atoms with Gasteiger partial charge in [-0.2, -0.15) is 0 Å². The minimum absolute atomic E-state index is 0.0496. The molecule has 7 heteroatoms. The van der Waals surface area contributed by atoms with Crippen molar-refractivity contribution < 1.29 is 24.5 Å². The number of aliphatic hydroxyl groups is 1. The van der Waals surface area contributed by atoms with E-state index in [1.165, 1.54) is 22.3 Å². The van der Waals surface area contributed by atoms with Crippen molar-refractivity contribution in [3.8, 4) is 22.6 Å². The third-order valence-corrected chi connectivity index (χ3v) is 7.55. The standard InChI is InChI=1S/C31H36N2O5/c1-18-12-21(37-11-10-31(3,4)36)13-19(2)30(18)24-7-5-6-23-22(24)8-9-26(23)33-28-15-25-20(14-29(34)35)17-38-27(25)16-32-28/h5-7,12-13,15-16,20,26,36H,8-11,14,17H2,1-4H3,(H,32,33)(H,34,35)/t20-,26-/m1/s1. The number of carboxylic acids is 1. The number of benzene rings is 2. The third kappa shape index (κ3) is 5.48. The zero-order valence-corrected chi connectivity index (χ0v) is 22.5. The Labute approximate surface area is 223 Å². The minimum Gasteiger partial charge on any atom is -0.493 e. The topological polar surface area (TPSA) is 101 Å².